The number of nitrogens with zero attached hydrogens (tertiary/aromatic N) is 3. The van der Waals surface area contributed by atoms with Gasteiger partial charge in [-0.3, -0.25) is 4.90 Å². The molecule has 0 spiro atoms. The van der Waals surface area contributed by atoms with E-state index in [9.17, 15) is 0 Å². The van der Waals surface area contributed by atoms with Crippen molar-refractivity contribution < 1.29 is 4.42 Å². The molecule has 0 aliphatic carbocycles. The summed E-state index contributed by atoms with van der Waals surface area (Å²) >= 11 is 5.37. The minimum atomic E-state index is 0.477. The van der Waals surface area contributed by atoms with E-state index in [1.165, 1.54) is 22.6 Å². The molecule has 3 aromatic rings. The van der Waals surface area contributed by atoms with E-state index in [-0.39, 0.29) is 0 Å². The van der Waals surface area contributed by atoms with E-state index in [0.717, 1.165) is 16.6 Å². The Morgan fingerprint density at radius 2 is 2.21 bits per heavy atom. The SMILES string of the molecule is Cc1ccc(C2CCCN2Cc2nnc(-c3cccc(Br)c3)o2)s1. The van der Waals surface area contributed by atoms with E-state index in [0.29, 0.717) is 24.4 Å². The molecule has 4 nitrogen and oxygen atoms in total. The van der Waals surface area contributed by atoms with Gasteiger partial charge in [0, 0.05) is 25.8 Å². The lowest BCUT2D eigenvalue weighted by Gasteiger charge is -2.21. The highest BCUT2D eigenvalue weighted by molar-refractivity contribution is 9.10. The predicted molar refractivity (Wildman–Crippen MR) is 98.9 cm³/mol. The molecule has 6 heteroatoms. The molecular formula is C18H18BrN3OS. The second kappa shape index (κ2) is 6.78. The summed E-state index contributed by atoms with van der Waals surface area (Å²) in [5.74, 6) is 1.26. The third-order valence-corrected chi connectivity index (χ3v) is 5.93. The molecule has 0 amide bonds. The van der Waals surface area contributed by atoms with Crippen LogP contribution in [0.1, 0.15) is 34.5 Å². The minimum absolute atomic E-state index is 0.477. The molecule has 24 heavy (non-hydrogen) atoms. The Morgan fingerprint density at radius 1 is 1.29 bits per heavy atom. The summed E-state index contributed by atoms with van der Waals surface area (Å²) in [5.41, 5.74) is 0.940. The van der Waals surface area contributed by atoms with E-state index >= 15 is 0 Å². The summed E-state index contributed by atoms with van der Waals surface area (Å²) in [5, 5.41) is 8.46. The molecule has 1 aliphatic heterocycles. The maximum atomic E-state index is 5.89. The van der Waals surface area contributed by atoms with E-state index in [2.05, 4.69) is 50.1 Å². The first-order valence-electron chi connectivity index (χ1n) is 8.08. The van der Waals surface area contributed by atoms with E-state index in [1.807, 2.05) is 35.6 Å². The number of aryl methyl sites for hydroxylation is 1. The lowest BCUT2D eigenvalue weighted by Crippen LogP contribution is -2.22. The Hall–Kier alpha value is -1.50. The minimum Gasteiger partial charge on any atom is -0.419 e. The van der Waals surface area contributed by atoms with Crippen molar-refractivity contribution in [3.63, 3.8) is 0 Å². The number of aromatic nitrogens is 2. The molecule has 1 atom stereocenters. The van der Waals surface area contributed by atoms with E-state index in [1.54, 1.807) is 0 Å². The number of hydrogen-bond donors (Lipinski definition) is 0. The lowest BCUT2D eigenvalue weighted by molar-refractivity contribution is 0.227. The number of thiophene rings is 1. The second-order valence-corrected chi connectivity index (χ2v) is 8.32. The molecule has 1 aromatic carbocycles. The maximum absolute atomic E-state index is 5.89. The van der Waals surface area contributed by atoms with Crippen LogP contribution in [0.15, 0.2) is 45.3 Å². The third kappa shape index (κ3) is 3.31. The molecule has 1 unspecified atom stereocenters. The molecule has 1 fully saturated rings. The van der Waals surface area contributed by atoms with Gasteiger partial charge in [0.05, 0.1) is 6.54 Å². The summed E-state index contributed by atoms with van der Waals surface area (Å²) in [6.45, 7) is 3.95. The molecular weight excluding hydrogens is 386 g/mol. The average Bonchev–Trinajstić information content (AvgIpc) is 3.28. The van der Waals surface area contributed by atoms with Crippen molar-refractivity contribution in [2.24, 2.45) is 0 Å². The molecule has 1 saturated heterocycles. The molecule has 0 radical (unpaired) electrons. The fourth-order valence-corrected chi connectivity index (χ4v) is 4.65. The van der Waals surface area contributed by atoms with Crippen LogP contribution in [0.3, 0.4) is 0 Å². The van der Waals surface area contributed by atoms with Gasteiger partial charge in [-0.1, -0.05) is 22.0 Å². The van der Waals surface area contributed by atoms with Gasteiger partial charge in [-0.15, -0.1) is 21.5 Å². The molecule has 124 valence electrons. The molecule has 4 rings (SSSR count). The Labute approximate surface area is 153 Å². The van der Waals surface area contributed by atoms with Crippen LogP contribution in [0.4, 0.5) is 0 Å². The number of likely N-dealkylation sites (tertiary alicyclic amines) is 1. The van der Waals surface area contributed by atoms with Gasteiger partial charge in [0.25, 0.3) is 0 Å². The first-order valence-corrected chi connectivity index (χ1v) is 9.69. The van der Waals surface area contributed by atoms with Crippen molar-refractivity contribution in [2.45, 2.75) is 32.4 Å². The first kappa shape index (κ1) is 16.0. The zero-order valence-corrected chi connectivity index (χ0v) is 15.8. The summed E-state index contributed by atoms with van der Waals surface area (Å²) < 4.78 is 6.90. The smallest absolute Gasteiger partial charge is 0.247 e. The molecule has 2 aromatic heterocycles. The molecule has 0 bridgehead atoms. The van der Waals surface area contributed by atoms with Gasteiger partial charge >= 0.3 is 0 Å². The standard InChI is InChI=1S/C18H18BrN3OS/c1-12-7-8-16(24-12)15-6-3-9-22(15)11-17-20-21-18(23-17)13-4-2-5-14(19)10-13/h2,4-5,7-8,10,15H,3,6,9,11H2,1H3. The highest BCUT2D eigenvalue weighted by Gasteiger charge is 2.28. The Bertz CT molecular complexity index is 844. The van der Waals surface area contributed by atoms with Crippen molar-refractivity contribution in [3.05, 3.63) is 56.5 Å². The molecule has 0 saturated carbocycles. The van der Waals surface area contributed by atoms with Crippen LogP contribution in [0, 0.1) is 6.92 Å². The summed E-state index contributed by atoms with van der Waals surface area (Å²) in [7, 11) is 0. The first-order chi connectivity index (χ1) is 11.7. The third-order valence-electron chi connectivity index (χ3n) is 4.33. The monoisotopic (exact) mass is 403 g/mol. The van der Waals surface area contributed by atoms with Crippen LogP contribution in [0.2, 0.25) is 0 Å². The largest absolute Gasteiger partial charge is 0.419 e. The maximum Gasteiger partial charge on any atom is 0.247 e. The van der Waals surface area contributed by atoms with Gasteiger partial charge in [0.2, 0.25) is 11.8 Å². The normalized spacial score (nSPS) is 18.3. The Morgan fingerprint density at radius 3 is 3.00 bits per heavy atom. The van der Waals surface area contributed by atoms with Crippen LogP contribution < -0.4 is 0 Å². The quantitative estimate of drug-likeness (QED) is 0.599. The summed E-state index contributed by atoms with van der Waals surface area (Å²) in [4.78, 5) is 5.26. The number of hydrogen-bond acceptors (Lipinski definition) is 5. The zero-order chi connectivity index (χ0) is 16.5. The van der Waals surface area contributed by atoms with Crippen molar-refractivity contribution in [1.29, 1.82) is 0 Å². The number of benzene rings is 1. The highest BCUT2D eigenvalue weighted by Crippen LogP contribution is 2.36. The average molecular weight is 404 g/mol. The van der Waals surface area contributed by atoms with Crippen LogP contribution in [-0.4, -0.2) is 21.6 Å². The van der Waals surface area contributed by atoms with Gasteiger partial charge in [-0.25, -0.2) is 0 Å². The van der Waals surface area contributed by atoms with E-state index in [4.69, 9.17) is 4.42 Å². The topological polar surface area (TPSA) is 42.2 Å². The Kier molecular flexibility index (Phi) is 4.52. The fraction of sp³-hybridized carbons (Fsp3) is 0.333. The van der Waals surface area contributed by atoms with Crippen LogP contribution in [0.25, 0.3) is 11.5 Å². The number of halogens is 1. The van der Waals surface area contributed by atoms with E-state index < -0.39 is 0 Å². The highest BCUT2D eigenvalue weighted by atomic mass is 79.9. The second-order valence-electron chi connectivity index (χ2n) is 6.09. The molecule has 1 aliphatic rings. The summed E-state index contributed by atoms with van der Waals surface area (Å²) in [6, 6.07) is 12.9. The van der Waals surface area contributed by atoms with Gasteiger partial charge in [0.1, 0.15) is 0 Å². The van der Waals surface area contributed by atoms with Crippen LogP contribution >= 0.6 is 27.3 Å². The number of rotatable bonds is 4. The van der Waals surface area contributed by atoms with Gasteiger partial charge in [0.15, 0.2) is 0 Å². The molecule has 0 N–H and O–H groups in total. The predicted octanol–water partition coefficient (Wildman–Crippen LogP) is 5.21. The van der Waals surface area contributed by atoms with Crippen molar-refractivity contribution in [2.75, 3.05) is 6.54 Å². The van der Waals surface area contributed by atoms with Gasteiger partial charge < -0.3 is 4.42 Å². The van der Waals surface area contributed by atoms with Crippen LogP contribution in [0.5, 0.6) is 0 Å². The fourth-order valence-electron chi connectivity index (χ4n) is 3.20. The lowest BCUT2D eigenvalue weighted by atomic mass is 10.2. The van der Waals surface area contributed by atoms with Crippen molar-refractivity contribution >= 4 is 27.3 Å². The summed E-state index contributed by atoms with van der Waals surface area (Å²) in [6.07, 6.45) is 2.42. The zero-order valence-electron chi connectivity index (χ0n) is 13.4. The van der Waals surface area contributed by atoms with Gasteiger partial charge in [-0.2, -0.15) is 0 Å². The van der Waals surface area contributed by atoms with Crippen LogP contribution in [-0.2, 0) is 6.54 Å². The molecule has 3 heterocycles. The Balaban J connectivity index is 1.51. The van der Waals surface area contributed by atoms with Crippen molar-refractivity contribution in [3.8, 4) is 11.5 Å². The van der Waals surface area contributed by atoms with Gasteiger partial charge in [-0.05, 0) is 56.6 Å². The van der Waals surface area contributed by atoms with Crippen molar-refractivity contribution in [1.82, 2.24) is 15.1 Å².